The van der Waals surface area contributed by atoms with Crippen LogP contribution in [0.1, 0.15) is 35.1 Å². The molecule has 0 saturated carbocycles. The number of fused-ring (bicyclic) bond motifs is 10. The van der Waals surface area contributed by atoms with E-state index in [-0.39, 0.29) is 0 Å². The molecule has 0 amide bonds. The van der Waals surface area contributed by atoms with Crippen molar-refractivity contribution in [3.8, 4) is 22.3 Å². The summed E-state index contributed by atoms with van der Waals surface area (Å²) in [5.74, 6) is 0. The molecule has 77 heavy (non-hydrogen) atoms. The minimum Gasteiger partial charge on any atom is -0.311 e. The van der Waals surface area contributed by atoms with Gasteiger partial charge in [0, 0.05) is 68.3 Å². The number of hydrogen-bond acceptors (Lipinski definition) is 4. The summed E-state index contributed by atoms with van der Waals surface area (Å²) < 4.78 is 0. The van der Waals surface area contributed by atoms with Crippen molar-refractivity contribution in [1.29, 1.82) is 0 Å². The summed E-state index contributed by atoms with van der Waals surface area (Å²) in [6.45, 7) is 0. The maximum Gasteiger partial charge on any atom is 0.0728 e. The molecule has 11 aromatic carbocycles. The highest BCUT2D eigenvalue weighted by Gasteiger charge is 2.53. The Morgan fingerprint density at radius 1 is 0.234 bits per heavy atom. The Labute approximate surface area is 451 Å². The first-order valence-corrected chi connectivity index (χ1v) is 26.7. The maximum atomic E-state index is 2.52. The van der Waals surface area contributed by atoms with E-state index >= 15 is 0 Å². The number of rotatable bonds is 12. The third kappa shape index (κ3) is 7.84. The molecular formula is C73H54N4. The number of anilines is 11. The second-order valence-corrected chi connectivity index (χ2v) is 20.0. The highest BCUT2D eigenvalue weighted by molar-refractivity contribution is 5.99. The lowest BCUT2D eigenvalue weighted by molar-refractivity contribution is 0.793. The van der Waals surface area contributed by atoms with Gasteiger partial charge in [0.25, 0.3) is 0 Å². The highest BCUT2D eigenvalue weighted by Crippen LogP contribution is 2.65. The fraction of sp³-hybridized carbons (Fsp3) is 0.0411. The van der Waals surface area contributed by atoms with Crippen molar-refractivity contribution in [1.82, 2.24) is 0 Å². The molecule has 366 valence electrons. The minimum atomic E-state index is -0.802. The zero-order chi connectivity index (χ0) is 51.1. The Morgan fingerprint density at radius 2 is 0.481 bits per heavy atom. The van der Waals surface area contributed by atoms with Crippen molar-refractivity contribution >= 4 is 62.6 Å². The van der Waals surface area contributed by atoms with Crippen molar-refractivity contribution < 1.29 is 0 Å². The molecule has 0 heterocycles. The summed E-state index contributed by atoms with van der Waals surface area (Å²) >= 11 is 0. The maximum absolute atomic E-state index is 2.52. The van der Waals surface area contributed by atoms with Gasteiger partial charge >= 0.3 is 0 Å². The van der Waals surface area contributed by atoms with Crippen molar-refractivity contribution in [3.05, 3.63) is 331 Å². The third-order valence-corrected chi connectivity index (χ3v) is 15.6. The molecule has 0 aliphatic heterocycles. The normalized spacial score (nSPS) is 13.2. The largest absolute Gasteiger partial charge is 0.311 e. The van der Waals surface area contributed by atoms with Gasteiger partial charge in [-0.3, -0.25) is 0 Å². The van der Waals surface area contributed by atoms with Crippen molar-refractivity contribution in [2.24, 2.45) is 0 Å². The van der Waals surface area contributed by atoms with Crippen molar-refractivity contribution in [2.75, 3.05) is 19.6 Å². The fourth-order valence-electron chi connectivity index (χ4n) is 12.3. The van der Waals surface area contributed by atoms with E-state index in [2.05, 4.69) is 323 Å². The van der Waals surface area contributed by atoms with Gasteiger partial charge in [0.1, 0.15) is 0 Å². The summed E-state index contributed by atoms with van der Waals surface area (Å²) in [4.78, 5) is 9.67. The first-order chi connectivity index (χ1) is 38.2. The summed E-state index contributed by atoms with van der Waals surface area (Å²) in [5, 5.41) is 0. The van der Waals surface area contributed by atoms with Gasteiger partial charge in [-0.25, -0.2) is 0 Å². The standard InChI is InChI=1S/C73H54N4/c1-9-25-53(26-10-1)74(54-27-11-2-12-28-54)61-41-45-65-66-46-42-62(75(55-29-13-3-14-30-55)56-31-15-4-16-32-56)50-70(66)73(69(65)49-61)71-51-63(76(57-33-17-5-18-34-57)58-35-19-6-20-36-58)43-47-67(71)68-48-44-64(52-72(68)73)77(59-37-21-7-22-38-59)60-39-23-8-24-40-60/h1-7,9-23,25-52H,8,24H2. The lowest BCUT2D eigenvalue weighted by atomic mass is 9.70. The number of para-hydroxylation sites is 7. The molecule has 4 heteroatoms. The fourth-order valence-corrected chi connectivity index (χ4v) is 12.3. The van der Waals surface area contributed by atoms with Crippen LogP contribution in [0.25, 0.3) is 22.3 Å². The average Bonchev–Trinajstić information content (AvgIpc) is 4.12. The molecule has 0 saturated heterocycles. The predicted molar refractivity (Wildman–Crippen MR) is 322 cm³/mol. The first-order valence-electron chi connectivity index (χ1n) is 26.7. The van der Waals surface area contributed by atoms with Gasteiger partial charge < -0.3 is 19.6 Å². The number of benzene rings is 11. The molecule has 3 aliphatic carbocycles. The molecule has 0 radical (unpaired) electrons. The van der Waals surface area contributed by atoms with Crippen LogP contribution >= 0.6 is 0 Å². The van der Waals surface area contributed by atoms with E-state index < -0.39 is 5.41 Å². The van der Waals surface area contributed by atoms with E-state index in [0.717, 1.165) is 75.4 Å². The molecule has 11 aromatic rings. The molecule has 14 rings (SSSR count). The van der Waals surface area contributed by atoms with Gasteiger partial charge in [0.15, 0.2) is 0 Å². The van der Waals surface area contributed by atoms with Crippen LogP contribution < -0.4 is 19.6 Å². The Kier molecular flexibility index (Phi) is 11.5. The Morgan fingerprint density at radius 3 is 0.727 bits per heavy atom. The van der Waals surface area contributed by atoms with Gasteiger partial charge in [0.2, 0.25) is 0 Å². The molecule has 3 aliphatic rings. The molecule has 0 atom stereocenters. The quantitative estimate of drug-likeness (QED) is 0.121. The van der Waals surface area contributed by atoms with Crippen LogP contribution in [0.4, 0.5) is 62.6 Å². The minimum absolute atomic E-state index is 0.802. The Bertz CT molecular complexity index is 3590. The van der Waals surface area contributed by atoms with Gasteiger partial charge in [0.05, 0.1) is 5.41 Å². The zero-order valence-corrected chi connectivity index (χ0v) is 42.6. The monoisotopic (exact) mass is 986 g/mol. The van der Waals surface area contributed by atoms with Crippen molar-refractivity contribution in [3.63, 3.8) is 0 Å². The first kappa shape index (κ1) is 45.7. The van der Waals surface area contributed by atoms with E-state index in [0.29, 0.717) is 0 Å². The van der Waals surface area contributed by atoms with E-state index in [9.17, 15) is 0 Å². The molecule has 0 unspecified atom stereocenters. The highest BCUT2D eigenvalue weighted by atomic mass is 15.2. The zero-order valence-electron chi connectivity index (χ0n) is 42.6. The Balaban J connectivity index is 1.10. The van der Waals surface area contributed by atoms with Crippen LogP contribution in [-0.2, 0) is 5.41 Å². The average molecular weight is 987 g/mol. The number of allylic oxidation sites excluding steroid dienone is 3. The molecule has 0 aromatic heterocycles. The van der Waals surface area contributed by atoms with Crippen LogP contribution in [0, 0.1) is 0 Å². The summed E-state index contributed by atoms with van der Waals surface area (Å²) in [6, 6.07) is 105. The molecule has 0 fully saturated rings. The van der Waals surface area contributed by atoms with Crippen LogP contribution in [0.3, 0.4) is 0 Å². The lowest BCUT2D eigenvalue weighted by Gasteiger charge is -2.35. The van der Waals surface area contributed by atoms with Crippen LogP contribution in [0.15, 0.2) is 309 Å². The van der Waals surface area contributed by atoms with Crippen LogP contribution in [0.2, 0.25) is 0 Å². The lowest BCUT2D eigenvalue weighted by Crippen LogP contribution is -2.27. The topological polar surface area (TPSA) is 13.0 Å². The van der Waals surface area contributed by atoms with Gasteiger partial charge in [-0.05, 0) is 197 Å². The molecule has 0 bridgehead atoms. The van der Waals surface area contributed by atoms with E-state index in [4.69, 9.17) is 0 Å². The second kappa shape index (κ2) is 19.4. The summed E-state index contributed by atoms with van der Waals surface area (Å²) in [6.07, 6.45) is 9.02. The van der Waals surface area contributed by atoms with Crippen LogP contribution in [0.5, 0.6) is 0 Å². The number of hydrogen-bond donors (Lipinski definition) is 0. The van der Waals surface area contributed by atoms with E-state index in [1.165, 1.54) is 50.2 Å². The Hall–Kier alpha value is -9.90. The number of nitrogens with zero attached hydrogens (tertiary/aromatic N) is 4. The van der Waals surface area contributed by atoms with E-state index in [1.807, 2.05) is 0 Å². The van der Waals surface area contributed by atoms with Gasteiger partial charge in [-0.2, -0.15) is 0 Å². The van der Waals surface area contributed by atoms with Gasteiger partial charge in [-0.1, -0.05) is 164 Å². The predicted octanol–water partition coefficient (Wildman–Crippen LogP) is 19.8. The summed E-state index contributed by atoms with van der Waals surface area (Å²) in [5.41, 5.74) is 22.3. The van der Waals surface area contributed by atoms with Crippen LogP contribution in [-0.4, -0.2) is 0 Å². The smallest absolute Gasteiger partial charge is 0.0728 e. The molecular weight excluding hydrogens is 933 g/mol. The van der Waals surface area contributed by atoms with Crippen molar-refractivity contribution in [2.45, 2.75) is 18.3 Å². The molecule has 1 spiro atoms. The SMILES string of the molecule is C1=CC(N(c2ccccc2)c2ccc3c(c2)C2(c4cc(N(c5ccccc5)c5ccccc5)ccc4-3)c3cc(N(c4ccccc4)c4ccccc4)ccc3-c3ccc(N(c4ccccc4)c4ccccc4)cc32)=CCC1. The molecule has 0 N–H and O–H groups in total. The van der Waals surface area contributed by atoms with E-state index in [1.54, 1.807) is 0 Å². The third-order valence-electron chi connectivity index (χ3n) is 15.6. The molecule has 4 nitrogen and oxygen atoms in total. The van der Waals surface area contributed by atoms with Gasteiger partial charge in [-0.15, -0.1) is 0 Å². The summed E-state index contributed by atoms with van der Waals surface area (Å²) in [7, 11) is 0. The second-order valence-electron chi connectivity index (χ2n) is 20.0.